The Morgan fingerprint density at radius 1 is 1.00 bits per heavy atom. The van der Waals surface area contributed by atoms with Crippen LogP contribution in [-0.2, 0) is 0 Å². The number of amides is 1. The van der Waals surface area contributed by atoms with Gasteiger partial charge < -0.3 is 10.1 Å². The number of carbonyl (C=O) groups is 2. The molecule has 0 saturated carbocycles. The van der Waals surface area contributed by atoms with E-state index in [2.05, 4.69) is 5.32 Å². The Morgan fingerprint density at radius 3 is 2.64 bits per heavy atom. The second kappa shape index (κ2) is 7.71. The first-order valence-electron chi connectivity index (χ1n) is 8.75. The predicted octanol–water partition coefficient (Wildman–Crippen LogP) is 5.25. The lowest BCUT2D eigenvalue weighted by molar-refractivity contribution is 0.0998. The molecule has 0 spiro atoms. The van der Waals surface area contributed by atoms with E-state index in [1.807, 2.05) is 24.3 Å². The van der Waals surface area contributed by atoms with Crippen molar-refractivity contribution in [1.29, 1.82) is 0 Å². The SMILES string of the molecule is O=C(Nc1cccc(/C=C2\COc3ccccc3C2=O)c1)c1ccccc1Cl. The standard InChI is InChI=1S/C23H16ClNO3/c24-20-10-3-1-8-18(20)23(27)25-17-7-5-6-15(13-17)12-16-14-28-21-11-4-2-9-19(21)22(16)26/h1-13H,14H2,(H,25,27)/b16-12+. The third-order valence-corrected chi connectivity index (χ3v) is 4.74. The number of nitrogens with one attached hydrogen (secondary N) is 1. The van der Waals surface area contributed by atoms with Crippen molar-refractivity contribution < 1.29 is 14.3 Å². The molecular formula is C23H16ClNO3. The number of hydrogen-bond acceptors (Lipinski definition) is 3. The summed E-state index contributed by atoms with van der Waals surface area (Å²) in [6.45, 7) is 0.214. The van der Waals surface area contributed by atoms with E-state index in [1.165, 1.54) is 0 Å². The maximum atomic E-state index is 12.7. The first kappa shape index (κ1) is 18.0. The maximum Gasteiger partial charge on any atom is 0.257 e. The molecule has 0 aliphatic carbocycles. The van der Waals surface area contributed by atoms with E-state index >= 15 is 0 Å². The number of rotatable bonds is 3. The molecule has 138 valence electrons. The van der Waals surface area contributed by atoms with Crippen LogP contribution in [0.15, 0.2) is 78.4 Å². The lowest BCUT2D eigenvalue weighted by atomic mass is 9.98. The van der Waals surface area contributed by atoms with Crippen LogP contribution in [0, 0.1) is 0 Å². The van der Waals surface area contributed by atoms with Crippen LogP contribution in [0.25, 0.3) is 6.08 Å². The van der Waals surface area contributed by atoms with Crippen LogP contribution >= 0.6 is 11.6 Å². The fraction of sp³-hybridized carbons (Fsp3) is 0.0435. The van der Waals surface area contributed by atoms with Gasteiger partial charge in [-0.15, -0.1) is 0 Å². The number of benzene rings is 3. The van der Waals surface area contributed by atoms with Gasteiger partial charge in [0.1, 0.15) is 12.4 Å². The highest BCUT2D eigenvalue weighted by Gasteiger charge is 2.22. The minimum atomic E-state index is -0.290. The average Bonchev–Trinajstić information content (AvgIpc) is 2.71. The second-order valence-electron chi connectivity index (χ2n) is 6.34. The third-order valence-electron chi connectivity index (χ3n) is 4.41. The molecular weight excluding hydrogens is 374 g/mol. The third kappa shape index (κ3) is 3.68. The molecule has 0 unspecified atom stereocenters. The van der Waals surface area contributed by atoms with Crippen LogP contribution in [0.4, 0.5) is 5.69 Å². The molecule has 28 heavy (non-hydrogen) atoms. The first-order valence-corrected chi connectivity index (χ1v) is 9.12. The molecule has 0 radical (unpaired) electrons. The minimum absolute atomic E-state index is 0.0487. The lowest BCUT2D eigenvalue weighted by Crippen LogP contribution is -2.18. The van der Waals surface area contributed by atoms with Gasteiger partial charge in [-0.2, -0.15) is 0 Å². The van der Waals surface area contributed by atoms with Crippen LogP contribution in [0.5, 0.6) is 5.75 Å². The van der Waals surface area contributed by atoms with Crippen molar-refractivity contribution in [2.75, 3.05) is 11.9 Å². The monoisotopic (exact) mass is 389 g/mol. The summed E-state index contributed by atoms with van der Waals surface area (Å²) in [7, 11) is 0. The highest BCUT2D eigenvalue weighted by molar-refractivity contribution is 6.34. The molecule has 3 aromatic carbocycles. The van der Waals surface area contributed by atoms with Crippen molar-refractivity contribution >= 4 is 35.1 Å². The lowest BCUT2D eigenvalue weighted by Gasteiger charge is -2.18. The summed E-state index contributed by atoms with van der Waals surface area (Å²) in [5, 5.41) is 3.23. The zero-order chi connectivity index (χ0) is 19.5. The van der Waals surface area contributed by atoms with Crippen LogP contribution in [0.1, 0.15) is 26.3 Å². The zero-order valence-corrected chi connectivity index (χ0v) is 15.6. The second-order valence-corrected chi connectivity index (χ2v) is 6.75. The number of ketones is 1. The van der Waals surface area contributed by atoms with Crippen molar-refractivity contribution in [2.24, 2.45) is 0 Å². The van der Waals surface area contributed by atoms with Crippen molar-refractivity contribution in [3.63, 3.8) is 0 Å². The highest BCUT2D eigenvalue weighted by Crippen LogP contribution is 2.28. The van der Waals surface area contributed by atoms with Gasteiger partial charge in [-0.1, -0.05) is 48.0 Å². The molecule has 0 atom stereocenters. The van der Waals surface area contributed by atoms with Gasteiger partial charge in [-0.3, -0.25) is 9.59 Å². The van der Waals surface area contributed by atoms with Crippen LogP contribution in [0.3, 0.4) is 0 Å². The molecule has 1 heterocycles. The number of fused-ring (bicyclic) bond motifs is 1. The normalized spacial score (nSPS) is 14.3. The van der Waals surface area contributed by atoms with Gasteiger partial charge in [0.15, 0.2) is 5.78 Å². The highest BCUT2D eigenvalue weighted by atomic mass is 35.5. The van der Waals surface area contributed by atoms with E-state index in [-0.39, 0.29) is 18.3 Å². The fourth-order valence-corrected chi connectivity index (χ4v) is 3.25. The van der Waals surface area contributed by atoms with Gasteiger partial charge in [0, 0.05) is 11.3 Å². The van der Waals surface area contributed by atoms with Crippen molar-refractivity contribution in [1.82, 2.24) is 0 Å². The van der Waals surface area contributed by atoms with Crippen LogP contribution in [-0.4, -0.2) is 18.3 Å². The van der Waals surface area contributed by atoms with Gasteiger partial charge in [0.05, 0.1) is 16.1 Å². The molecule has 4 nitrogen and oxygen atoms in total. The summed E-state index contributed by atoms with van der Waals surface area (Å²) in [4.78, 5) is 25.1. The average molecular weight is 390 g/mol. The Balaban J connectivity index is 1.56. The van der Waals surface area contributed by atoms with Gasteiger partial charge in [0.25, 0.3) is 5.91 Å². The number of Topliss-reactive ketones (excluding diaryl/α,β-unsaturated/α-hetero) is 1. The van der Waals surface area contributed by atoms with E-state index in [4.69, 9.17) is 16.3 Å². The number of halogens is 1. The Labute approximate surface area is 167 Å². The number of ether oxygens (including phenoxy) is 1. The molecule has 0 bridgehead atoms. The van der Waals surface area contributed by atoms with E-state index in [9.17, 15) is 9.59 Å². The predicted molar refractivity (Wildman–Crippen MR) is 110 cm³/mol. The minimum Gasteiger partial charge on any atom is -0.488 e. The molecule has 1 N–H and O–H groups in total. The van der Waals surface area contributed by atoms with E-state index < -0.39 is 0 Å². The quantitative estimate of drug-likeness (QED) is 0.622. The smallest absolute Gasteiger partial charge is 0.257 e. The zero-order valence-electron chi connectivity index (χ0n) is 14.8. The Kier molecular flexibility index (Phi) is 4.96. The molecule has 3 aromatic rings. The van der Waals surface area contributed by atoms with E-state index in [0.29, 0.717) is 33.2 Å². The Morgan fingerprint density at radius 2 is 1.79 bits per heavy atom. The van der Waals surface area contributed by atoms with Gasteiger partial charge >= 0.3 is 0 Å². The van der Waals surface area contributed by atoms with E-state index in [0.717, 1.165) is 5.56 Å². The van der Waals surface area contributed by atoms with Crippen molar-refractivity contribution in [3.05, 3.63) is 100 Å². The molecule has 1 aliphatic heterocycles. The fourth-order valence-electron chi connectivity index (χ4n) is 3.03. The van der Waals surface area contributed by atoms with Crippen LogP contribution in [0.2, 0.25) is 5.02 Å². The molecule has 1 aliphatic rings. The number of anilines is 1. The topological polar surface area (TPSA) is 55.4 Å². The van der Waals surface area contributed by atoms with Gasteiger partial charge in [-0.05, 0) is 48.0 Å². The van der Waals surface area contributed by atoms with Crippen molar-refractivity contribution in [2.45, 2.75) is 0 Å². The molecule has 0 fully saturated rings. The summed E-state index contributed by atoms with van der Waals surface area (Å²) in [5.41, 5.74) is 2.93. The largest absolute Gasteiger partial charge is 0.488 e. The van der Waals surface area contributed by atoms with Crippen molar-refractivity contribution in [3.8, 4) is 5.75 Å². The summed E-state index contributed by atoms with van der Waals surface area (Å²) in [6.07, 6.45) is 1.78. The molecule has 1 amide bonds. The molecule has 0 aromatic heterocycles. The summed E-state index contributed by atoms with van der Waals surface area (Å²) in [6, 6.07) is 21.3. The summed E-state index contributed by atoms with van der Waals surface area (Å²) >= 11 is 6.08. The van der Waals surface area contributed by atoms with Gasteiger partial charge in [-0.25, -0.2) is 0 Å². The number of hydrogen-bond donors (Lipinski definition) is 1. The summed E-state index contributed by atoms with van der Waals surface area (Å²) < 4.78 is 5.67. The van der Waals surface area contributed by atoms with Gasteiger partial charge in [0.2, 0.25) is 0 Å². The number of para-hydroxylation sites is 1. The Hall–Kier alpha value is -3.37. The molecule has 4 rings (SSSR count). The van der Waals surface area contributed by atoms with E-state index in [1.54, 1.807) is 54.6 Å². The van der Waals surface area contributed by atoms with Crippen LogP contribution < -0.4 is 10.1 Å². The number of carbonyl (C=O) groups excluding carboxylic acids is 2. The maximum absolute atomic E-state index is 12.7. The molecule has 5 heteroatoms. The summed E-state index contributed by atoms with van der Waals surface area (Å²) in [5.74, 6) is 0.263. The molecule has 0 saturated heterocycles. The first-order chi connectivity index (χ1) is 13.6. The Bertz CT molecular complexity index is 1100.